The van der Waals surface area contributed by atoms with Crippen LogP contribution in [0.15, 0.2) is 52.7 Å². The van der Waals surface area contributed by atoms with Crippen LogP contribution < -0.4 is 5.32 Å². The third kappa shape index (κ3) is 5.04. The van der Waals surface area contributed by atoms with E-state index in [1.54, 1.807) is 11.3 Å². The van der Waals surface area contributed by atoms with Gasteiger partial charge in [-0.15, -0.1) is 11.3 Å². The van der Waals surface area contributed by atoms with Gasteiger partial charge < -0.3 is 5.32 Å². The predicted molar refractivity (Wildman–Crippen MR) is 128 cm³/mol. The van der Waals surface area contributed by atoms with Crippen molar-refractivity contribution in [3.63, 3.8) is 0 Å². The number of nitrogens with one attached hydrogen (secondary N) is 1. The molecule has 9 heteroatoms. The summed E-state index contributed by atoms with van der Waals surface area (Å²) in [5.74, 6) is -0.401. The SMILES string of the molecule is Cc1ccc(-c2nc(CCNC(=O)c3cc(S(=O)(=O)N4CCCC4)ccc3Cl)cs2)cc1. The fourth-order valence-corrected chi connectivity index (χ4v) is 6.17. The maximum atomic E-state index is 12.8. The van der Waals surface area contributed by atoms with Crippen molar-refractivity contribution in [1.29, 1.82) is 0 Å². The van der Waals surface area contributed by atoms with Crippen LogP contribution in [0.2, 0.25) is 5.02 Å². The second-order valence-electron chi connectivity index (χ2n) is 7.77. The summed E-state index contributed by atoms with van der Waals surface area (Å²) in [6, 6.07) is 12.5. The Kier molecular flexibility index (Phi) is 6.95. The summed E-state index contributed by atoms with van der Waals surface area (Å²) in [4.78, 5) is 17.4. The summed E-state index contributed by atoms with van der Waals surface area (Å²) < 4.78 is 27.1. The van der Waals surface area contributed by atoms with Crippen LogP contribution >= 0.6 is 22.9 Å². The lowest BCUT2D eigenvalue weighted by molar-refractivity contribution is 0.0954. The standard InChI is InChI=1S/C23H24ClN3O3S2/c1-16-4-6-17(7-5-16)23-26-18(15-31-23)10-11-25-22(28)20-14-19(8-9-21(20)24)32(29,30)27-12-2-3-13-27/h4-9,14-15H,2-3,10-13H2,1H3,(H,25,28). The number of aryl methyl sites for hydroxylation is 1. The minimum absolute atomic E-state index is 0.0937. The zero-order valence-electron chi connectivity index (χ0n) is 17.7. The van der Waals surface area contributed by atoms with Crippen molar-refractivity contribution in [3.05, 3.63) is 69.7 Å². The minimum Gasteiger partial charge on any atom is -0.352 e. The van der Waals surface area contributed by atoms with Crippen LogP contribution in [-0.4, -0.2) is 43.2 Å². The van der Waals surface area contributed by atoms with Crippen LogP contribution in [0.3, 0.4) is 0 Å². The van der Waals surface area contributed by atoms with Gasteiger partial charge in [-0.1, -0.05) is 41.4 Å². The summed E-state index contributed by atoms with van der Waals surface area (Å²) in [6.07, 6.45) is 2.27. The maximum absolute atomic E-state index is 12.8. The summed E-state index contributed by atoms with van der Waals surface area (Å²) >= 11 is 7.77. The molecule has 2 aromatic carbocycles. The van der Waals surface area contributed by atoms with E-state index in [1.807, 2.05) is 24.4 Å². The number of carbonyl (C=O) groups excluding carboxylic acids is 1. The predicted octanol–water partition coefficient (Wildman–Crippen LogP) is 4.53. The largest absolute Gasteiger partial charge is 0.352 e. The molecule has 6 nitrogen and oxygen atoms in total. The number of halogens is 1. The zero-order chi connectivity index (χ0) is 22.7. The monoisotopic (exact) mass is 489 g/mol. The van der Waals surface area contributed by atoms with Crippen molar-refractivity contribution >= 4 is 38.9 Å². The van der Waals surface area contributed by atoms with Crippen LogP contribution in [-0.2, 0) is 16.4 Å². The van der Waals surface area contributed by atoms with Crippen molar-refractivity contribution in [3.8, 4) is 10.6 Å². The number of thiazole rings is 1. The van der Waals surface area contributed by atoms with E-state index in [9.17, 15) is 13.2 Å². The molecule has 0 atom stereocenters. The first kappa shape index (κ1) is 22.9. The number of carbonyl (C=O) groups is 1. The number of amides is 1. The normalized spacial score (nSPS) is 14.6. The molecule has 1 saturated heterocycles. The molecule has 2 heterocycles. The molecule has 0 radical (unpaired) electrons. The summed E-state index contributed by atoms with van der Waals surface area (Å²) in [5.41, 5.74) is 3.32. The molecule has 0 spiro atoms. The molecule has 168 valence electrons. The van der Waals surface area contributed by atoms with Crippen molar-refractivity contribution in [1.82, 2.24) is 14.6 Å². The first-order valence-corrected chi connectivity index (χ1v) is 13.1. The molecule has 1 aromatic heterocycles. The van der Waals surface area contributed by atoms with E-state index in [4.69, 9.17) is 11.6 Å². The molecule has 0 saturated carbocycles. The highest BCUT2D eigenvalue weighted by Gasteiger charge is 2.28. The molecule has 1 aliphatic heterocycles. The van der Waals surface area contributed by atoms with Crippen LogP contribution in [0, 0.1) is 6.92 Å². The molecule has 32 heavy (non-hydrogen) atoms. The van der Waals surface area contributed by atoms with Crippen LogP contribution in [0.4, 0.5) is 0 Å². The smallest absolute Gasteiger partial charge is 0.252 e. The van der Waals surface area contributed by atoms with Gasteiger partial charge in [0.1, 0.15) is 5.01 Å². The van der Waals surface area contributed by atoms with Crippen molar-refractivity contribution in [2.75, 3.05) is 19.6 Å². The van der Waals surface area contributed by atoms with Crippen LogP contribution in [0.5, 0.6) is 0 Å². The van der Waals surface area contributed by atoms with E-state index in [1.165, 1.54) is 28.1 Å². The van der Waals surface area contributed by atoms with Gasteiger partial charge in [-0.3, -0.25) is 4.79 Å². The average molecular weight is 490 g/mol. The van der Waals surface area contributed by atoms with Gasteiger partial charge >= 0.3 is 0 Å². The van der Waals surface area contributed by atoms with Gasteiger partial charge in [0, 0.05) is 37.0 Å². The van der Waals surface area contributed by atoms with Crippen molar-refractivity contribution in [2.45, 2.75) is 31.1 Å². The number of nitrogens with zero attached hydrogens (tertiary/aromatic N) is 2. The fraction of sp³-hybridized carbons (Fsp3) is 0.304. The average Bonchev–Trinajstić information content (AvgIpc) is 3.47. The number of benzene rings is 2. The van der Waals surface area contributed by atoms with E-state index in [2.05, 4.69) is 22.4 Å². The second-order valence-corrected chi connectivity index (χ2v) is 11.0. The van der Waals surface area contributed by atoms with Crippen molar-refractivity contribution in [2.24, 2.45) is 0 Å². The van der Waals surface area contributed by atoms with Gasteiger partial charge in [0.2, 0.25) is 10.0 Å². The molecule has 0 unspecified atom stereocenters. The van der Waals surface area contributed by atoms with E-state index < -0.39 is 15.9 Å². The maximum Gasteiger partial charge on any atom is 0.252 e. The Morgan fingerprint density at radius 3 is 2.59 bits per heavy atom. The van der Waals surface area contributed by atoms with Gasteiger partial charge in [0.25, 0.3) is 5.91 Å². The first-order valence-electron chi connectivity index (χ1n) is 10.4. The van der Waals surface area contributed by atoms with Crippen LogP contribution in [0.1, 0.15) is 34.5 Å². The first-order chi connectivity index (χ1) is 15.3. The lowest BCUT2D eigenvalue weighted by atomic mass is 10.2. The summed E-state index contributed by atoms with van der Waals surface area (Å²) in [5, 5.41) is 5.97. The molecule has 1 aliphatic rings. The lowest BCUT2D eigenvalue weighted by Gasteiger charge is -2.16. The Hall–Kier alpha value is -2.26. The Bertz CT molecular complexity index is 1220. The van der Waals surface area contributed by atoms with Gasteiger partial charge in [-0.2, -0.15) is 4.31 Å². The molecule has 0 aliphatic carbocycles. The number of rotatable bonds is 7. The molecule has 3 aromatic rings. The Morgan fingerprint density at radius 1 is 1.16 bits per heavy atom. The third-order valence-corrected chi connectivity index (χ3v) is 8.57. The number of hydrogen-bond donors (Lipinski definition) is 1. The summed E-state index contributed by atoms with van der Waals surface area (Å²) in [7, 11) is -3.62. The fourth-order valence-electron chi connectivity index (χ4n) is 3.57. The van der Waals surface area contributed by atoms with Gasteiger partial charge in [-0.25, -0.2) is 13.4 Å². The Balaban J connectivity index is 1.40. The van der Waals surface area contributed by atoms with E-state index in [-0.39, 0.29) is 15.5 Å². The van der Waals surface area contributed by atoms with E-state index in [0.29, 0.717) is 26.1 Å². The zero-order valence-corrected chi connectivity index (χ0v) is 20.1. The van der Waals surface area contributed by atoms with Crippen molar-refractivity contribution < 1.29 is 13.2 Å². The number of aromatic nitrogens is 1. The number of hydrogen-bond acceptors (Lipinski definition) is 5. The third-order valence-electron chi connectivity index (χ3n) is 5.40. The lowest BCUT2D eigenvalue weighted by Crippen LogP contribution is -2.29. The van der Waals surface area contributed by atoms with Crippen LogP contribution in [0.25, 0.3) is 10.6 Å². The highest BCUT2D eigenvalue weighted by Crippen LogP contribution is 2.26. The molecule has 0 bridgehead atoms. The highest BCUT2D eigenvalue weighted by molar-refractivity contribution is 7.89. The van der Waals surface area contributed by atoms with E-state index >= 15 is 0 Å². The molecule has 4 rings (SSSR count). The molecule has 1 fully saturated rings. The minimum atomic E-state index is -3.62. The topological polar surface area (TPSA) is 79.4 Å². The molecule has 1 N–H and O–H groups in total. The quantitative estimate of drug-likeness (QED) is 0.528. The Labute approximate surface area is 197 Å². The highest BCUT2D eigenvalue weighted by atomic mass is 35.5. The van der Waals surface area contributed by atoms with Gasteiger partial charge in [0.05, 0.1) is 21.2 Å². The summed E-state index contributed by atoms with van der Waals surface area (Å²) in [6.45, 7) is 3.42. The molecular formula is C23H24ClN3O3S2. The molecule has 1 amide bonds. The Morgan fingerprint density at radius 2 is 1.88 bits per heavy atom. The second kappa shape index (κ2) is 9.70. The number of sulfonamides is 1. The molecular weight excluding hydrogens is 466 g/mol. The van der Waals surface area contributed by atoms with Gasteiger partial charge in [0.15, 0.2) is 0 Å². The van der Waals surface area contributed by atoms with Gasteiger partial charge in [-0.05, 0) is 38.0 Å². The van der Waals surface area contributed by atoms with E-state index in [0.717, 1.165) is 29.1 Å².